The molecule has 1 heterocycles. The van der Waals surface area contributed by atoms with Gasteiger partial charge in [-0.2, -0.15) is 4.91 Å². The van der Waals surface area contributed by atoms with Gasteiger partial charge in [-0.05, 0) is 62.1 Å². The van der Waals surface area contributed by atoms with Crippen LogP contribution >= 0.6 is 0 Å². The first kappa shape index (κ1) is 22.9. The van der Waals surface area contributed by atoms with Crippen LogP contribution in [0.3, 0.4) is 0 Å². The lowest BCUT2D eigenvalue weighted by atomic mass is 10.00. The molecule has 4 rings (SSSR count). The number of nitrogens with zero attached hydrogens (tertiary/aromatic N) is 3. The maximum atomic E-state index is 12.9. The summed E-state index contributed by atoms with van der Waals surface area (Å²) in [7, 11) is 0. The highest BCUT2D eigenvalue weighted by Gasteiger charge is 2.50. The van der Waals surface area contributed by atoms with E-state index in [2.05, 4.69) is 10.5 Å². The molecule has 2 fully saturated rings. The van der Waals surface area contributed by atoms with Crippen molar-refractivity contribution in [1.29, 1.82) is 0 Å². The van der Waals surface area contributed by atoms with E-state index in [9.17, 15) is 19.6 Å². The number of hydrogen-bond acceptors (Lipinski definition) is 6. The van der Waals surface area contributed by atoms with E-state index in [1.807, 2.05) is 44.2 Å². The fourth-order valence-corrected chi connectivity index (χ4v) is 4.15. The largest absolute Gasteiger partial charge is 0.383 e. The zero-order valence-electron chi connectivity index (χ0n) is 19.1. The van der Waals surface area contributed by atoms with Gasteiger partial charge in [-0.3, -0.25) is 9.59 Å². The standard InChI is InChI=1S/C25H30N4O4/c1-17(2)27-22-8-7-20(15-21(22)16-26-33)18-3-5-19(6-4-18)23(30)28-11-13-29(14-12-28)24(31)25(32)9-10-25/h3-8,15,17,27,32H,9-14,16H2,1-2H3. The van der Waals surface area contributed by atoms with Crippen molar-refractivity contribution in [3.05, 3.63) is 58.5 Å². The van der Waals surface area contributed by atoms with Gasteiger partial charge in [0.2, 0.25) is 0 Å². The number of amides is 2. The summed E-state index contributed by atoms with van der Waals surface area (Å²) in [6, 6.07) is 13.5. The molecule has 2 aromatic rings. The van der Waals surface area contributed by atoms with Crippen LogP contribution in [-0.2, 0) is 11.3 Å². The molecule has 1 saturated heterocycles. The Kier molecular flexibility index (Phi) is 6.47. The number of benzene rings is 2. The van der Waals surface area contributed by atoms with Crippen molar-refractivity contribution in [1.82, 2.24) is 9.80 Å². The van der Waals surface area contributed by atoms with Gasteiger partial charge in [0.05, 0.1) is 0 Å². The molecule has 2 aromatic carbocycles. The molecule has 0 atom stereocenters. The van der Waals surface area contributed by atoms with E-state index in [0.717, 1.165) is 22.4 Å². The highest BCUT2D eigenvalue weighted by molar-refractivity contribution is 5.95. The van der Waals surface area contributed by atoms with Gasteiger partial charge in [-0.15, -0.1) is 0 Å². The molecule has 0 bridgehead atoms. The van der Waals surface area contributed by atoms with Crippen molar-refractivity contribution in [3.8, 4) is 11.1 Å². The van der Waals surface area contributed by atoms with Crippen molar-refractivity contribution >= 4 is 17.5 Å². The Morgan fingerprint density at radius 1 is 1.00 bits per heavy atom. The Bertz CT molecular complexity index is 1040. The molecule has 174 valence electrons. The predicted molar refractivity (Wildman–Crippen MR) is 127 cm³/mol. The van der Waals surface area contributed by atoms with Crippen molar-refractivity contribution in [2.24, 2.45) is 5.18 Å². The molecule has 1 aliphatic heterocycles. The van der Waals surface area contributed by atoms with Crippen LogP contribution in [-0.4, -0.2) is 64.5 Å². The molecule has 0 unspecified atom stereocenters. The summed E-state index contributed by atoms with van der Waals surface area (Å²) in [5.74, 6) is -0.279. The third-order valence-corrected chi connectivity index (χ3v) is 6.23. The van der Waals surface area contributed by atoms with Crippen LogP contribution in [0.2, 0.25) is 0 Å². The van der Waals surface area contributed by atoms with Crippen molar-refractivity contribution in [3.63, 3.8) is 0 Å². The lowest BCUT2D eigenvalue weighted by Crippen LogP contribution is -2.53. The van der Waals surface area contributed by atoms with Crippen LogP contribution in [0.1, 0.15) is 42.6 Å². The lowest BCUT2D eigenvalue weighted by molar-refractivity contribution is -0.143. The minimum absolute atomic E-state index is 0.0684. The molecule has 2 amide bonds. The van der Waals surface area contributed by atoms with Gasteiger partial charge in [-0.1, -0.05) is 23.4 Å². The molecule has 2 aliphatic rings. The maximum absolute atomic E-state index is 12.9. The zero-order chi connectivity index (χ0) is 23.6. The molecule has 0 radical (unpaired) electrons. The van der Waals surface area contributed by atoms with Crippen molar-refractivity contribution in [2.45, 2.75) is 44.9 Å². The number of carbonyl (C=O) groups excluding carboxylic acids is 2. The highest BCUT2D eigenvalue weighted by Crippen LogP contribution is 2.37. The first-order valence-electron chi connectivity index (χ1n) is 11.4. The van der Waals surface area contributed by atoms with Gasteiger partial charge in [0, 0.05) is 49.0 Å². The first-order chi connectivity index (χ1) is 15.8. The van der Waals surface area contributed by atoms with E-state index in [0.29, 0.717) is 44.6 Å². The SMILES string of the molecule is CC(C)Nc1ccc(-c2ccc(C(=O)N3CCN(C(=O)C4(O)CC4)CC3)cc2)cc1CN=O. The van der Waals surface area contributed by atoms with Crippen LogP contribution in [0.4, 0.5) is 5.69 Å². The Labute approximate surface area is 193 Å². The van der Waals surface area contributed by atoms with E-state index in [4.69, 9.17) is 0 Å². The number of nitrogens with one attached hydrogen (secondary N) is 1. The van der Waals surface area contributed by atoms with E-state index >= 15 is 0 Å². The molecule has 0 aromatic heterocycles. The quantitative estimate of drug-likeness (QED) is 0.631. The Morgan fingerprint density at radius 3 is 2.18 bits per heavy atom. The van der Waals surface area contributed by atoms with E-state index in [1.165, 1.54) is 0 Å². The third-order valence-electron chi connectivity index (χ3n) is 6.23. The molecule has 8 heteroatoms. The van der Waals surface area contributed by atoms with Gasteiger partial charge in [0.1, 0.15) is 12.1 Å². The second-order valence-electron chi connectivity index (χ2n) is 9.15. The Hall–Kier alpha value is -3.26. The smallest absolute Gasteiger partial charge is 0.254 e. The second-order valence-corrected chi connectivity index (χ2v) is 9.15. The monoisotopic (exact) mass is 450 g/mol. The molecular weight excluding hydrogens is 420 g/mol. The fourth-order valence-electron chi connectivity index (χ4n) is 4.15. The van der Waals surface area contributed by atoms with Crippen molar-refractivity contribution in [2.75, 3.05) is 31.5 Å². The molecule has 8 nitrogen and oxygen atoms in total. The lowest BCUT2D eigenvalue weighted by Gasteiger charge is -2.35. The summed E-state index contributed by atoms with van der Waals surface area (Å²) < 4.78 is 0. The number of rotatable bonds is 7. The van der Waals surface area contributed by atoms with Crippen LogP contribution in [0.5, 0.6) is 0 Å². The Morgan fingerprint density at radius 2 is 1.61 bits per heavy atom. The number of carbonyl (C=O) groups is 2. The van der Waals surface area contributed by atoms with Gasteiger partial charge >= 0.3 is 0 Å². The number of hydrogen-bond donors (Lipinski definition) is 2. The summed E-state index contributed by atoms with van der Waals surface area (Å²) >= 11 is 0. The third kappa shape index (κ3) is 5.06. The minimum atomic E-state index is -1.16. The highest BCUT2D eigenvalue weighted by atomic mass is 16.3. The van der Waals surface area contributed by atoms with E-state index in [-0.39, 0.29) is 24.4 Å². The van der Waals surface area contributed by atoms with E-state index in [1.54, 1.807) is 21.9 Å². The maximum Gasteiger partial charge on any atom is 0.254 e. The number of aliphatic hydroxyl groups is 1. The van der Waals surface area contributed by atoms with Crippen LogP contribution in [0.25, 0.3) is 11.1 Å². The summed E-state index contributed by atoms with van der Waals surface area (Å²) in [6.45, 7) is 5.95. The summed E-state index contributed by atoms with van der Waals surface area (Å²) in [5, 5.41) is 16.4. The normalized spacial score (nSPS) is 17.1. The van der Waals surface area contributed by atoms with Crippen LogP contribution in [0, 0.1) is 4.91 Å². The molecule has 2 N–H and O–H groups in total. The topological polar surface area (TPSA) is 102 Å². The minimum Gasteiger partial charge on any atom is -0.383 e. The molecule has 1 saturated carbocycles. The molecular formula is C25H30N4O4. The average molecular weight is 451 g/mol. The number of nitroso groups, excluding NO2 is 1. The zero-order valence-corrected chi connectivity index (χ0v) is 19.1. The van der Waals surface area contributed by atoms with Gasteiger partial charge < -0.3 is 20.2 Å². The molecule has 33 heavy (non-hydrogen) atoms. The summed E-state index contributed by atoms with van der Waals surface area (Å²) in [6.07, 6.45) is 1.06. The van der Waals surface area contributed by atoms with Gasteiger partial charge in [-0.25, -0.2) is 0 Å². The number of piperazine rings is 1. The second kappa shape index (κ2) is 9.31. The van der Waals surface area contributed by atoms with Crippen molar-refractivity contribution < 1.29 is 14.7 Å². The fraction of sp³-hybridized carbons (Fsp3) is 0.440. The van der Waals surface area contributed by atoms with Gasteiger partial charge in [0.25, 0.3) is 11.8 Å². The molecule has 1 aliphatic carbocycles. The predicted octanol–water partition coefficient (Wildman–Crippen LogP) is 3.25. The van der Waals surface area contributed by atoms with Crippen LogP contribution < -0.4 is 5.32 Å². The summed E-state index contributed by atoms with van der Waals surface area (Å²) in [5.41, 5.74) is 3.06. The van der Waals surface area contributed by atoms with E-state index < -0.39 is 5.60 Å². The molecule has 0 spiro atoms. The first-order valence-corrected chi connectivity index (χ1v) is 11.4. The van der Waals surface area contributed by atoms with Crippen LogP contribution in [0.15, 0.2) is 47.6 Å². The summed E-state index contributed by atoms with van der Waals surface area (Å²) in [4.78, 5) is 39.5. The average Bonchev–Trinajstić information content (AvgIpc) is 3.58. The number of anilines is 1. The van der Waals surface area contributed by atoms with Gasteiger partial charge in [0.15, 0.2) is 0 Å². The Balaban J connectivity index is 1.42.